The molecule has 2 fully saturated rings. The van der Waals surface area contributed by atoms with Gasteiger partial charge >= 0.3 is 0 Å². The van der Waals surface area contributed by atoms with Crippen LogP contribution >= 0.6 is 0 Å². The van der Waals surface area contributed by atoms with Gasteiger partial charge in [0, 0.05) is 51.5 Å². The first-order valence-corrected chi connectivity index (χ1v) is 9.27. The van der Waals surface area contributed by atoms with Gasteiger partial charge in [-0.05, 0) is 12.8 Å². The summed E-state index contributed by atoms with van der Waals surface area (Å²) in [5.74, 6) is 0.639. The molecule has 7 nitrogen and oxygen atoms in total. The summed E-state index contributed by atoms with van der Waals surface area (Å²) in [4.78, 5) is 36.3. The molecule has 1 saturated carbocycles. The van der Waals surface area contributed by atoms with Crippen LogP contribution in [0.15, 0.2) is 12.4 Å². The number of rotatable bonds is 3. The highest BCUT2D eigenvalue weighted by Gasteiger charge is 2.21. The number of carbonyl (C=O) groups excluding carboxylic acids is 2. The monoisotopic (exact) mass is 345 g/mol. The molecule has 3 rings (SSSR count). The second-order valence-corrected chi connectivity index (χ2v) is 6.93. The first-order valence-electron chi connectivity index (χ1n) is 9.27. The topological polar surface area (TPSA) is 78.4 Å². The molecular weight excluding hydrogens is 318 g/mol. The fraction of sp³-hybridized carbons (Fsp3) is 0.667. The van der Waals surface area contributed by atoms with Crippen molar-refractivity contribution in [3.05, 3.63) is 18.0 Å². The average Bonchev–Trinajstić information content (AvgIpc) is 2.90. The van der Waals surface area contributed by atoms with E-state index in [1.54, 1.807) is 19.3 Å². The standard InChI is InChI=1S/C18H27N5O2/c1-14(24)22-8-10-23(11-9-22)18-19-12-15(13-20-18)17(25)21-16-6-4-2-3-5-7-16/h12-13,16H,2-11H2,1H3,(H,21,25). The van der Waals surface area contributed by atoms with E-state index in [2.05, 4.69) is 15.3 Å². The van der Waals surface area contributed by atoms with E-state index in [0.29, 0.717) is 37.7 Å². The van der Waals surface area contributed by atoms with E-state index in [0.717, 1.165) is 12.8 Å². The highest BCUT2D eigenvalue weighted by molar-refractivity contribution is 5.93. The van der Waals surface area contributed by atoms with Crippen molar-refractivity contribution in [2.45, 2.75) is 51.5 Å². The third kappa shape index (κ3) is 4.67. The zero-order valence-electron chi connectivity index (χ0n) is 14.9. The van der Waals surface area contributed by atoms with Gasteiger partial charge in [-0.2, -0.15) is 0 Å². The number of amides is 2. The van der Waals surface area contributed by atoms with E-state index in [1.807, 2.05) is 9.80 Å². The van der Waals surface area contributed by atoms with Crippen LogP contribution in [0.4, 0.5) is 5.95 Å². The fourth-order valence-corrected chi connectivity index (χ4v) is 3.52. The van der Waals surface area contributed by atoms with Gasteiger partial charge in [-0.15, -0.1) is 0 Å². The van der Waals surface area contributed by atoms with Crippen LogP contribution in [-0.2, 0) is 4.79 Å². The van der Waals surface area contributed by atoms with Gasteiger partial charge in [-0.25, -0.2) is 9.97 Å². The van der Waals surface area contributed by atoms with E-state index < -0.39 is 0 Å². The summed E-state index contributed by atoms with van der Waals surface area (Å²) in [7, 11) is 0. The van der Waals surface area contributed by atoms with Gasteiger partial charge in [-0.3, -0.25) is 9.59 Å². The number of carbonyl (C=O) groups is 2. The lowest BCUT2D eigenvalue weighted by Crippen LogP contribution is -2.48. The SMILES string of the molecule is CC(=O)N1CCN(c2ncc(C(=O)NC3CCCCCC3)cn2)CC1. The highest BCUT2D eigenvalue weighted by Crippen LogP contribution is 2.18. The molecular formula is C18H27N5O2. The molecule has 2 heterocycles. The lowest BCUT2D eigenvalue weighted by atomic mass is 10.1. The van der Waals surface area contributed by atoms with Crippen molar-refractivity contribution in [1.82, 2.24) is 20.2 Å². The van der Waals surface area contributed by atoms with Crippen LogP contribution in [0.3, 0.4) is 0 Å². The molecule has 136 valence electrons. The largest absolute Gasteiger partial charge is 0.349 e. The van der Waals surface area contributed by atoms with Gasteiger partial charge in [-0.1, -0.05) is 25.7 Å². The van der Waals surface area contributed by atoms with Crippen molar-refractivity contribution >= 4 is 17.8 Å². The smallest absolute Gasteiger partial charge is 0.254 e. The molecule has 1 aliphatic carbocycles. The predicted molar refractivity (Wildman–Crippen MR) is 95.5 cm³/mol. The predicted octanol–water partition coefficient (Wildman–Crippen LogP) is 1.60. The Labute approximate surface area is 148 Å². The van der Waals surface area contributed by atoms with Gasteiger partial charge in [0.05, 0.1) is 5.56 Å². The van der Waals surface area contributed by atoms with Crippen molar-refractivity contribution in [2.24, 2.45) is 0 Å². The first kappa shape index (κ1) is 17.6. The Hall–Kier alpha value is -2.18. The first-order chi connectivity index (χ1) is 12.1. The normalized spacial score (nSPS) is 19.4. The minimum Gasteiger partial charge on any atom is -0.349 e. The second-order valence-electron chi connectivity index (χ2n) is 6.93. The molecule has 1 saturated heterocycles. The molecule has 2 aliphatic rings. The Balaban J connectivity index is 1.54. The number of piperazine rings is 1. The molecule has 25 heavy (non-hydrogen) atoms. The summed E-state index contributed by atoms with van der Waals surface area (Å²) in [6, 6.07) is 0.273. The summed E-state index contributed by atoms with van der Waals surface area (Å²) in [6.07, 6.45) is 10.2. The van der Waals surface area contributed by atoms with Crippen molar-refractivity contribution in [3.63, 3.8) is 0 Å². The molecule has 0 atom stereocenters. The van der Waals surface area contributed by atoms with Crippen LogP contribution < -0.4 is 10.2 Å². The minimum atomic E-state index is -0.0835. The lowest BCUT2D eigenvalue weighted by Gasteiger charge is -2.34. The summed E-state index contributed by atoms with van der Waals surface area (Å²) < 4.78 is 0. The number of aromatic nitrogens is 2. The molecule has 1 N–H and O–H groups in total. The molecule has 1 aromatic heterocycles. The third-order valence-electron chi connectivity index (χ3n) is 5.10. The van der Waals surface area contributed by atoms with E-state index in [9.17, 15) is 9.59 Å². The molecule has 7 heteroatoms. The number of hydrogen-bond donors (Lipinski definition) is 1. The zero-order valence-corrected chi connectivity index (χ0v) is 14.9. The maximum atomic E-state index is 12.4. The van der Waals surface area contributed by atoms with E-state index in [1.165, 1.54) is 25.7 Å². The van der Waals surface area contributed by atoms with Gasteiger partial charge < -0.3 is 15.1 Å². The molecule has 2 amide bonds. The van der Waals surface area contributed by atoms with Crippen molar-refractivity contribution in [1.29, 1.82) is 0 Å². The Bertz CT molecular complexity index is 588. The number of hydrogen-bond acceptors (Lipinski definition) is 5. The summed E-state index contributed by atoms with van der Waals surface area (Å²) in [5, 5.41) is 3.12. The summed E-state index contributed by atoms with van der Waals surface area (Å²) in [6.45, 7) is 4.39. The number of nitrogens with one attached hydrogen (secondary N) is 1. The maximum Gasteiger partial charge on any atom is 0.254 e. The van der Waals surface area contributed by atoms with Crippen LogP contribution in [0, 0.1) is 0 Å². The van der Waals surface area contributed by atoms with E-state index in [4.69, 9.17) is 0 Å². The van der Waals surface area contributed by atoms with Crippen LogP contribution in [0.5, 0.6) is 0 Å². The molecule has 0 spiro atoms. The number of nitrogens with zero attached hydrogens (tertiary/aromatic N) is 4. The average molecular weight is 345 g/mol. The molecule has 1 aromatic rings. The quantitative estimate of drug-likeness (QED) is 0.842. The van der Waals surface area contributed by atoms with Crippen LogP contribution in [0.2, 0.25) is 0 Å². The fourth-order valence-electron chi connectivity index (χ4n) is 3.52. The molecule has 0 aromatic carbocycles. The van der Waals surface area contributed by atoms with Crippen LogP contribution in [0.25, 0.3) is 0 Å². The summed E-state index contributed by atoms with van der Waals surface area (Å²) in [5.41, 5.74) is 0.510. The van der Waals surface area contributed by atoms with Crippen molar-refractivity contribution in [2.75, 3.05) is 31.1 Å². The Morgan fingerprint density at radius 1 is 1.00 bits per heavy atom. The maximum absolute atomic E-state index is 12.4. The Morgan fingerprint density at radius 3 is 2.16 bits per heavy atom. The van der Waals surface area contributed by atoms with Gasteiger partial charge in [0.15, 0.2) is 0 Å². The van der Waals surface area contributed by atoms with E-state index in [-0.39, 0.29) is 17.9 Å². The second kappa shape index (κ2) is 8.27. The van der Waals surface area contributed by atoms with Crippen molar-refractivity contribution in [3.8, 4) is 0 Å². The Kier molecular flexibility index (Phi) is 5.83. The van der Waals surface area contributed by atoms with Crippen LogP contribution in [0.1, 0.15) is 55.8 Å². The van der Waals surface area contributed by atoms with Gasteiger partial charge in [0.2, 0.25) is 11.9 Å². The van der Waals surface area contributed by atoms with Crippen LogP contribution in [-0.4, -0.2) is 58.9 Å². The van der Waals surface area contributed by atoms with Gasteiger partial charge in [0.1, 0.15) is 0 Å². The summed E-state index contributed by atoms with van der Waals surface area (Å²) >= 11 is 0. The highest BCUT2D eigenvalue weighted by atomic mass is 16.2. The van der Waals surface area contributed by atoms with Gasteiger partial charge in [0.25, 0.3) is 5.91 Å². The Morgan fingerprint density at radius 2 is 1.60 bits per heavy atom. The molecule has 0 unspecified atom stereocenters. The molecule has 0 bridgehead atoms. The lowest BCUT2D eigenvalue weighted by molar-refractivity contribution is -0.129. The number of anilines is 1. The van der Waals surface area contributed by atoms with Crippen molar-refractivity contribution < 1.29 is 9.59 Å². The molecule has 1 aliphatic heterocycles. The zero-order chi connectivity index (χ0) is 17.6. The van der Waals surface area contributed by atoms with E-state index >= 15 is 0 Å². The third-order valence-corrected chi connectivity index (χ3v) is 5.10. The molecule has 0 radical (unpaired) electrons. The minimum absolute atomic E-state index is 0.0835.